The molecule has 0 unspecified atom stereocenters. The number of amides is 1. The SMILES string of the molecule is C[C@H]1C(=O)N2CCCc3nc(N[C@H]4C[C@H](NS(=O)(=O)c5cc(F)c(F)c(F)c5)C4)nc(c32)N1C. The van der Waals surface area contributed by atoms with Crippen LogP contribution >= 0.6 is 0 Å². The van der Waals surface area contributed by atoms with Gasteiger partial charge in [0.05, 0.1) is 10.6 Å². The Bertz CT molecular complexity index is 1260. The van der Waals surface area contributed by atoms with Crippen LogP contribution < -0.4 is 19.8 Å². The number of aryl methyl sites for hydroxylation is 1. The van der Waals surface area contributed by atoms with E-state index in [0.29, 0.717) is 43.3 Å². The molecule has 3 aliphatic rings. The monoisotopic (exact) mass is 496 g/mol. The Labute approximate surface area is 194 Å². The summed E-state index contributed by atoms with van der Waals surface area (Å²) in [4.78, 5) is 24.8. The molecule has 1 aromatic carbocycles. The summed E-state index contributed by atoms with van der Waals surface area (Å²) < 4.78 is 67.3. The van der Waals surface area contributed by atoms with Gasteiger partial charge in [-0.3, -0.25) is 4.79 Å². The van der Waals surface area contributed by atoms with Gasteiger partial charge in [-0.25, -0.2) is 31.3 Å². The normalized spacial score (nSPS) is 24.0. The van der Waals surface area contributed by atoms with Crippen LogP contribution in [0.4, 0.5) is 30.6 Å². The van der Waals surface area contributed by atoms with Gasteiger partial charge in [0, 0.05) is 25.7 Å². The molecule has 0 radical (unpaired) electrons. The number of halogens is 3. The van der Waals surface area contributed by atoms with E-state index in [2.05, 4.69) is 20.0 Å². The Morgan fingerprint density at radius 1 is 1.09 bits per heavy atom. The lowest BCUT2D eigenvalue weighted by atomic mass is 9.88. The minimum Gasteiger partial charge on any atom is -0.351 e. The van der Waals surface area contributed by atoms with Crippen LogP contribution in [-0.4, -0.2) is 56.0 Å². The predicted octanol–water partition coefficient (Wildman–Crippen LogP) is 1.93. The van der Waals surface area contributed by atoms with E-state index >= 15 is 0 Å². The molecule has 1 aliphatic carbocycles. The second kappa shape index (κ2) is 8.08. The second-order valence-electron chi connectivity index (χ2n) is 8.88. The third-order valence-electron chi connectivity index (χ3n) is 6.60. The fourth-order valence-corrected chi connectivity index (χ4v) is 5.83. The molecule has 3 heterocycles. The van der Waals surface area contributed by atoms with Gasteiger partial charge in [0.1, 0.15) is 11.7 Å². The average Bonchev–Trinajstić information content (AvgIpc) is 2.77. The Kier molecular flexibility index (Phi) is 5.43. The molecular weight excluding hydrogens is 473 g/mol. The molecule has 5 rings (SSSR count). The number of carbonyl (C=O) groups excluding carboxylic acids is 1. The number of nitrogens with one attached hydrogen (secondary N) is 2. The van der Waals surface area contributed by atoms with Gasteiger partial charge < -0.3 is 15.1 Å². The molecule has 0 spiro atoms. The zero-order chi connectivity index (χ0) is 24.4. The first-order chi connectivity index (χ1) is 16.0. The fourth-order valence-electron chi connectivity index (χ4n) is 4.55. The summed E-state index contributed by atoms with van der Waals surface area (Å²) >= 11 is 0. The molecule has 182 valence electrons. The zero-order valence-corrected chi connectivity index (χ0v) is 19.3. The number of anilines is 3. The summed E-state index contributed by atoms with van der Waals surface area (Å²) in [7, 11) is -2.40. The number of nitrogens with zero attached hydrogens (tertiary/aromatic N) is 4. The quantitative estimate of drug-likeness (QED) is 0.609. The van der Waals surface area contributed by atoms with Crippen molar-refractivity contribution >= 4 is 33.4 Å². The molecule has 1 aromatic heterocycles. The van der Waals surface area contributed by atoms with Crippen LogP contribution in [0.5, 0.6) is 0 Å². The minimum atomic E-state index is -4.22. The van der Waals surface area contributed by atoms with Gasteiger partial charge in [-0.15, -0.1) is 0 Å². The van der Waals surface area contributed by atoms with Crippen LogP contribution in [0.2, 0.25) is 0 Å². The standard InChI is InChI=1S/C21H23F3N6O3S/c1-10-20(31)30-5-3-4-16-18(30)19(29(10)2)27-21(26-16)25-11-6-12(7-11)28-34(32,33)13-8-14(22)17(24)15(23)9-13/h8-12,28H,3-7H2,1-2H3,(H,25,26,27)/t10-,11-,12-/m0/s1. The number of hydrogen-bond acceptors (Lipinski definition) is 7. The number of likely N-dealkylation sites (N-methyl/N-ethyl adjacent to an activating group) is 1. The van der Waals surface area contributed by atoms with Gasteiger partial charge in [-0.1, -0.05) is 0 Å². The molecular formula is C21H23F3N6O3S. The molecule has 13 heteroatoms. The van der Waals surface area contributed by atoms with Crippen LogP contribution in [0.3, 0.4) is 0 Å². The fraction of sp³-hybridized carbons (Fsp3) is 0.476. The van der Waals surface area contributed by atoms with Gasteiger partial charge in [0.15, 0.2) is 23.3 Å². The average molecular weight is 497 g/mol. The summed E-state index contributed by atoms with van der Waals surface area (Å²) in [6.07, 6.45) is 2.34. The van der Waals surface area contributed by atoms with Gasteiger partial charge in [-0.05, 0) is 44.7 Å². The maximum Gasteiger partial charge on any atom is 0.249 e. The molecule has 2 aliphatic heterocycles. The Hall–Kier alpha value is -2.93. The topological polar surface area (TPSA) is 108 Å². The highest BCUT2D eigenvalue weighted by Crippen LogP contribution is 2.40. The van der Waals surface area contributed by atoms with Crippen molar-refractivity contribution in [3.63, 3.8) is 0 Å². The van der Waals surface area contributed by atoms with Crippen LogP contribution in [-0.2, 0) is 21.2 Å². The number of hydrogen-bond donors (Lipinski definition) is 2. The molecule has 34 heavy (non-hydrogen) atoms. The highest BCUT2D eigenvalue weighted by molar-refractivity contribution is 7.89. The largest absolute Gasteiger partial charge is 0.351 e. The van der Waals surface area contributed by atoms with Crippen molar-refractivity contribution in [2.75, 3.05) is 28.7 Å². The van der Waals surface area contributed by atoms with Crippen molar-refractivity contribution in [1.29, 1.82) is 0 Å². The molecule has 9 nitrogen and oxygen atoms in total. The van der Waals surface area contributed by atoms with Crippen LogP contribution in [0.15, 0.2) is 17.0 Å². The molecule has 1 amide bonds. The third-order valence-corrected chi connectivity index (χ3v) is 8.10. The van der Waals surface area contributed by atoms with Crippen molar-refractivity contribution in [2.45, 2.75) is 55.6 Å². The number of sulfonamides is 1. The maximum absolute atomic E-state index is 13.4. The van der Waals surface area contributed by atoms with Crippen LogP contribution in [0, 0.1) is 17.5 Å². The smallest absolute Gasteiger partial charge is 0.249 e. The van der Waals surface area contributed by atoms with Gasteiger partial charge in [-0.2, -0.15) is 4.98 Å². The number of rotatable bonds is 5. The molecule has 1 saturated carbocycles. The molecule has 2 aromatic rings. The highest BCUT2D eigenvalue weighted by atomic mass is 32.2. The zero-order valence-electron chi connectivity index (χ0n) is 18.5. The van der Waals surface area contributed by atoms with E-state index in [-0.39, 0.29) is 18.0 Å². The van der Waals surface area contributed by atoms with E-state index < -0.39 is 38.4 Å². The van der Waals surface area contributed by atoms with Crippen molar-refractivity contribution < 1.29 is 26.4 Å². The first-order valence-electron chi connectivity index (χ1n) is 10.9. The van der Waals surface area contributed by atoms with Gasteiger partial charge in [0.2, 0.25) is 21.9 Å². The van der Waals surface area contributed by atoms with Crippen LogP contribution in [0.25, 0.3) is 0 Å². The summed E-state index contributed by atoms with van der Waals surface area (Å²) in [6, 6.07) is -0.0250. The summed E-state index contributed by atoms with van der Waals surface area (Å²) in [5, 5.41) is 3.21. The molecule has 0 bridgehead atoms. The van der Waals surface area contributed by atoms with E-state index in [1.165, 1.54) is 0 Å². The number of benzene rings is 1. The van der Waals surface area contributed by atoms with Crippen LogP contribution in [0.1, 0.15) is 31.9 Å². The first-order valence-corrected chi connectivity index (χ1v) is 12.4. The minimum absolute atomic E-state index is 0.0234. The van der Waals surface area contributed by atoms with Crippen molar-refractivity contribution in [1.82, 2.24) is 14.7 Å². The second-order valence-corrected chi connectivity index (χ2v) is 10.6. The third kappa shape index (κ3) is 3.76. The Morgan fingerprint density at radius 2 is 1.76 bits per heavy atom. The first kappa shape index (κ1) is 22.8. The van der Waals surface area contributed by atoms with Crippen molar-refractivity contribution in [2.24, 2.45) is 0 Å². The number of aromatic nitrogens is 2. The van der Waals surface area contributed by atoms with E-state index in [9.17, 15) is 26.4 Å². The molecule has 0 saturated heterocycles. The van der Waals surface area contributed by atoms with E-state index in [1.54, 1.807) is 4.90 Å². The maximum atomic E-state index is 13.4. The lowest BCUT2D eigenvalue weighted by Gasteiger charge is -2.42. The summed E-state index contributed by atoms with van der Waals surface area (Å²) in [6.45, 7) is 2.47. The van der Waals surface area contributed by atoms with E-state index in [4.69, 9.17) is 0 Å². The molecule has 1 atom stereocenters. The molecule has 2 N–H and O–H groups in total. The Balaban J connectivity index is 1.27. The highest BCUT2D eigenvalue weighted by Gasteiger charge is 2.40. The lowest BCUT2D eigenvalue weighted by molar-refractivity contribution is -0.119. The van der Waals surface area contributed by atoms with E-state index in [1.807, 2.05) is 18.9 Å². The summed E-state index contributed by atoms with van der Waals surface area (Å²) in [5.74, 6) is -3.75. The predicted molar refractivity (Wildman–Crippen MR) is 118 cm³/mol. The van der Waals surface area contributed by atoms with Crippen molar-refractivity contribution in [3.05, 3.63) is 35.3 Å². The summed E-state index contributed by atoms with van der Waals surface area (Å²) in [5.41, 5.74) is 1.54. The van der Waals surface area contributed by atoms with Gasteiger partial charge >= 0.3 is 0 Å². The molecule has 1 fully saturated rings. The Morgan fingerprint density at radius 3 is 2.44 bits per heavy atom. The lowest BCUT2D eigenvalue weighted by Crippen LogP contribution is -2.53. The van der Waals surface area contributed by atoms with E-state index in [0.717, 1.165) is 24.2 Å². The van der Waals surface area contributed by atoms with Crippen molar-refractivity contribution in [3.8, 4) is 0 Å². The van der Waals surface area contributed by atoms with Gasteiger partial charge in [0.25, 0.3) is 0 Å². The number of carbonyl (C=O) groups is 1.